The van der Waals surface area contributed by atoms with Crippen molar-refractivity contribution in [2.75, 3.05) is 12.4 Å². The average molecular weight is 510 g/mol. The largest absolute Gasteiger partial charge is 0.320 e. The highest BCUT2D eigenvalue weighted by Gasteiger charge is 2.17. The first kappa shape index (κ1) is 25.1. The lowest BCUT2D eigenvalue weighted by Crippen LogP contribution is -2.37. The van der Waals surface area contributed by atoms with Gasteiger partial charge in [0.2, 0.25) is 5.91 Å². The van der Waals surface area contributed by atoms with E-state index in [-0.39, 0.29) is 29.5 Å². The number of benzene rings is 2. The molecule has 38 heavy (non-hydrogen) atoms. The van der Waals surface area contributed by atoms with E-state index >= 15 is 0 Å². The summed E-state index contributed by atoms with van der Waals surface area (Å²) in [5.74, 6) is -0.576. The van der Waals surface area contributed by atoms with Crippen molar-refractivity contribution in [2.24, 2.45) is 0 Å². The third kappa shape index (κ3) is 4.86. The van der Waals surface area contributed by atoms with E-state index in [1.165, 1.54) is 12.1 Å². The van der Waals surface area contributed by atoms with E-state index in [4.69, 9.17) is 0 Å². The Labute approximate surface area is 219 Å². The Hall–Kier alpha value is -4.56. The van der Waals surface area contributed by atoms with Gasteiger partial charge < -0.3 is 19.8 Å². The van der Waals surface area contributed by atoms with Crippen molar-refractivity contribution in [3.8, 4) is 16.9 Å². The molecule has 1 unspecified atom stereocenters. The van der Waals surface area contributed by atoms with Gasteiger partial charge in [-0.3, -0.25) is 14.6 Å². The second-order valence-corrected chi connectivity index (χ2v) is 9.28. The van der Waals surface area contributed by atoms with Gasteiger partial charge in [0.1, 0.15) is 11.5 Å². The zero-order valence-electron chi connectivity index (χ0n) is 21.4. The van der Waals surface area contributed by atoms with Crippen LogP contribution >= 0.6 is 0 Å². The Morgan fingerprint density at radius 2 is 1.84 bits per heavy atom. The molecule has 7 nitrogen and oxygen atoms in total. The standard InChI is InChI=1S/C30H28FN5O2/c1-19-17-35(28-11-9-23(31)14-25(19)28)24-13-21(15-33-16-24)18-36-27(22-7-5-4-6-8-22)12-10-26(30(36)38)34-29(37)20(2)32-3/h4-17,20,32H,18H2,1-3H3,(H,34,37). The summed E-state index contributed by atoms with van der Waals surface area (Å²) in [6, 6.07) is 19.3. The van der Waals surface area contributed by atoms with Crippen LogP contribution in [0.3, 0.4) is 0 Å². The Morgan fingerprint density at radius 1 is 1.05 bits per heavy atom. The number of pyridine rings is 2. The van der Waals surface area contributed by atoms with Crippen LogP contribution in [-0.4, -0.2) is 33.1 Å². The molecule has 0 radical (unpaired) electrons. The van der Waals surface area contributed by atoms with Crippen molar-refractivity contribution < 1.29 is 9.18 Å². The van der Waals surface area contributed by atoms with Gasteiger partial charge >= 0.3 is 0 Å². The second kappa shape index (κ2) is 10.4. The summed E-state index contributed by atoms with van der Waals surface area (Å²) in [5, 5.41) is 6.46. The number of amides is 1. The number of nitrogens with zero attached hydrogens (tertiary/aromatic N) is 3. The van der Waals surface area contributed by atoms with Crippen LogP contribution < -0.4 is 16.2 Å². The van der Waals surface area contributed by atoms with Crippen LogP contribution in [0.25, 0.3) is 27.8 Å². The zero-order valence-corrected chi connectivity index (χ0v) is 21.4. The van der Waals surface area contributed by atoms with E-state index in [9.17, 15) is 14.0 Å². The number of fused-ring (bicyclic) bond motifs is 1. The van der Waals surface area contributed by atoms with Gasteiger partial charge in [0.25, 0.3) is 5.56 Å². The molecule has 0 saturated heterocycles. The van der Waals surface area contributed by atoms with Crippen molar-refractivity contribution in [1.82, 2.24) is 19.4 Å². The van der Waals surface area contributed by atoms with Gasteiger partial charge in [0.15, 0.2) is 0 Å². The molecule has 8 heteroatoms. The monoisotopic (exact) mass is 509 g/mol. The van der Waals surface area contributed by atoms with Gasteiger partial charge in [0.05, 0.1) is 35.7 Å². The molecule has 0 saturated carbocycles. The number of aryl methyl sites for hydroxylation is 1. The van der Waals surface area contributed by atoms with Crippen LogP contribution in [0.5, 0.6) is 0 Å². The van der Waals surface area contributed by atoms with Crippen molar-refractivity contribution in [3.05, 3.63) is 113 Å². The number of halogens is 1. The van der Waals surface area contributed by atoms with E-state index in [1.54, 1.807) is 43.1 Å². The number of aromatic nitrogens is 3. The molecule has 3 aromatic heterocycles. The first-order valence-corrected chi connectivity index (χ1v) is 12.3. The Morgan fingerprint density at radius 3 is 2.61 bits per heavy atom. The van der Waals surface area contributed by atoms with Gasteiger partial charge in [-0.05, 0) is 74.0 Å². The molecule has 0 aliphatic carbocycles. The van der Waals surface area contributed by atoms with Crippen LogP contribution in [-0.2, 0) is 11.3 Å². The maximum atomic E-state index is 13.8. The fraction of sp³-hybridized carbons (Fsp3) is 0.167. The smallest absolute Gasteiger partial charge is 0.275 e. The maximum Gasteiger partial charge on any atom is 0.275 e. The number of carbonyl (C=O) groups is 1. The van der Waals surface area contributed by atoms with Gasteiger partial charge in [-0.15, -0.1) is 0 Å². The van der Waals surface area contributed by atoms with E-state index < -0.39 is 6.04 Å². The molecule has 1 amide bonds. The second-order valence-electron chi connectivity index (χ2n) is 9.28. The fourth-order valence-corrected chi connectivity index (χ4v) is 4.52. The molecular formula is C30H28FN5O2. The van der Waals surface area contributed by atoms with Gasteiger partial charge in [-0.25, -0.2) is 4.39 Å². The lowest BCUT2D eigenvalue weighted by Gasteiger charge is -2.17. The molecular weight excluding hydrogens is 481 g/mol. The minimum Gasteiger partial charge on any atom is -0.320 e. The third-order valence-corrected chi connectivity index (χ3v) is 6.69. The van der Waals surface area contributed by atoms with E-state index in [2.05, 4.69) is 15.6 Å². The number of rotatable bonds is 7. The first-order chi connectivity index (χ1) is 18.4. The topological polar surface area (TPSA) is 81.0 Å². The molecule has 5 aromatic rings. The highest BCUT2D eigenvalue weighted by atomic mass is 19.1. The normalized spacial score (nSPS) is 12.0. The minimum atomic E-state index is -0.453. The van der Waals surface area contributed by atoms with Crippen LogP contribution in [0.2, 0.25) is 0 Å². The van der Waals surface area contributed by atoms with Crippen molar-refractivity contribution >= 4 is 22.5 Å². The van der Waals surface area contributed by atoms with Crippen LogP contribution in [0, 0.1) is 12.7 Å². The number of anilines is 1. The quantitative estimate of drug-likeness (QED) is 0.327. The predicted octanol–water partition coefficient (Wildman–Crippen LogP) is 4.90. The van der Waals surface area contributed by atoms with Crippen molar-refractivity contribution in [1.29, 1.82) is 0 Å². The summed E-state index contributed by atoms with van der Waals surface area (Å²) in [4.78, 5) is 30.6. The molecule has 0 aliphatic heterocycles. The van der Waals surface area contributed by atoms with Gasteiger partial charge in [-0.2, -0.15) is 0 Å². The van der Waals surface area contributed by atoms with E-state index in [1.807, 2.05) is 60.2 Å². The molecule has 3 heterocycles. The van der Waals surface area contributed by atoms with Crippen LogP contribution in [0.15, 0.2) is 90.1 Å². The maximum absolute atomic E-state index is 13.8. The lowest BCUT2D eigenvalue weighted by molar-refractivity contribution is -0.117. The molecule has 0 bridgehead atoms. The molecule has 2 aromatic carbocycles. The molecule has 1 atom stereocenters. The number of hydrogen-bond donors (Lipinski definition) is 2. The summed E-state index contributed by atoms with van der Waals surface area (Å²) in [6.45, 7) is 3.91. The Balaban J connectivity index is 1.57. The minimum absolute atomic E-state index is 0.204. The van der Waals surface area contributed by atoms with E-state index in [0.717, 1.165) is 39.0 Å². The summed E-state index contributed by atoms with van der Waals surface area (Å²) in [6.07, 6.45) is 5.41. The van der Waals surface area contributed by atoms with Gasteiger partial charge in [-0.1, -0.05) is 30.3 Å². The highest BCUT2D eigenvalue weighted by Crippen LogP contribution is 2.26. The number of likely N-dealkylation sites (N-methyl/N-ethyl adjacent to an activating group) is 1. The molecule has 192 valence electrons. The van der Waals surface area contributed by atoms with Crippen molar-refractivity contribution in [3.63, 3.8) is 0 Å². The first-order valence-electron chi connectivity index (χ1n) is 12.3. The van der Waals surface area contributed by atoms with Gasteiger partial charge in [0, 0.05) is 17.8 Å². The predicted molar refractivity (Wildman–Crippen MR) is 148 cm³/mol. The molecule has 0 aliphatic rings. The fourth-order valence-electron chi connectivity index (χ4n) is 4.52. The molecule has 0 spiro atoms. The number of hydrogen-bond acceptors (Lipinski definition) is 4. The Kier molecular flexibility index (Phi) is 6.89. The average Bonchev–Trinajstić information content (AvgIpc) is 3.26. The summed E-state index contributed by atoms with van der Waals surface area (Å²) >= 11 is 0. The number of nitrogens with one attached hydrogen (secondary N) is 2. The van der Waals surface area contributed by atoms with E-state index in [0.29, 0.717) is 0 Å². The van der Waals surface area contributed by atoms with Crippen LogP contribution in [0.1, 0.15) is 18.1 Å². The highest BCUT2D eigenvalue weighted by molar-refractivity contribution is 5.94. The summed E-state index contributed by atoms with van der Waals surface area (Å²) < 4.78 is 17.5. The SMILES string of the molecule is CNC(C)C(=O)Nc1ccc(-c2ccccc2)n(Cc2cncc(-n3cc(C)c4cc(F)ccc43)c2)c1=O. The molecule has 5 rings (SSSR count). The third-order valence-electron chi connectivity index (χ3n) is 6.69. The molecule has 0 fully saturated rings. The summed E-state index contributed by atoms with van der Waals surface area (Å²) in [5.41, 5.74) is 4.91. The summed E-state index contributed by atoms with van der Waals surface area (Å²) in [7, 11) is 1.69. The van der Waals surface area contributed by atoms with Crippen molar-refractivity contribution in [2.45, 2.75) is 26.4 Å². The number of carbonyl (C=O) groups excluding carboxylic acids is 1. The van der Waals surface area contributed by atoms with Crippen LogP contribution in [0.4, 0.5) is 10.1 Å². The Bertz CT molecular complexity index is 1690. The molecule has 2 N–H and O–H groups in total. The lowest BCUT2D eigenvalue weighted by atomic mass is 10.1. The zero-order chi connectivity index (χ0) is 26.8.